The first kappa shape index (κ1) is 14.3. The Morgan fingerprint density at radius 3 is 2.55 bits per heavy atom. The molecular weight excluding hydrogens is 279 g/mol. The predicted octanol–water partition coefficient (Wildman–Crippen LogP) is 0.933. The van der Waals surface area contributed by atoms with Gasteiger partial charge in [0.1, 0.15) is 5.92 Å². The lowest BCUT2D eigenvalue weighted by atomic mass is 10.0. The molecule has 0 saturated carbocycles. The van der Waals surface area contributed by atoms with Gasteiger partial charge in [-0.25, -0.2) is 13.2 Å². The summed E-state index contributed by atoms with van der Waals surface area (Å²) < 4.78 is 44.1. The Morgan fingerprint density at radius 1 is 1.20 bits per heavy atom. The third-order valence-corrected chi connectivity index (χ3v) is 2.99. The minimum Gasteiger partial charge on any atom is -0.481 e. The second kappa shape index (κ2) is 5.49. The van der Waals surface area contributed by atoms with Crippen LogP contribution in [0.5, 0.6) is 0 Å². The summed E-state index contributed by atoms with van der Waals surface area (Å²) in [5, 5.41) is 11.1. The first-order valence-corrected chi connectivity index (χ1v) is 5.66. The molecule has 1 heterocycles. The summed E-state index contributed by atoms with van der Waals surface area (Å²) in [4.78, 5) is 22.6. The van der Waals surface area contributed by atoms with Crippen molar-refractivity contribution < 1.29 is 32.6 Å². The molecule has 1 aliphatic heterocycles. The number of nitrogens with one attached hydrogen (secondary N) is 1. The van der Waals surface area contributed by atoms with E-state index in [2.05, 4.69) is 5.32 Å². The van der Waals surface area contributed by atoms with Gasteiger partial charge in [-0.1, -0.05) is 0 Å². The van der Waals surface area contributed by atoms with Crippen LogP contribution in [-0.4, -0.2) is 36.2 Å². The SMILES string of the molecule is O=C(NC1COCC1C(=O)O)c1ccc(F)c(F)c1F. The Hall–Kier alpha value is -2.09. The minimum atomic E-state index is -1.75. The van der Waals surface area contributed by atoms with Gasteiger partial charge in [-0.05, 0) is 12.1 Å². The number of rotatable bonds is 3. The molecule has 5 nitrogen and oxygen atoms in total. The molecule has 0 spiro atoms. The van der Waals surface area contributed by atoms with E-state index in [0.717, 1.165) is 6.07 Å². The molecule has 108 valence electrons. The summed E-state index contributed by atoms with van der Waals surface area (Å²) in [5.74, 6) is -7.94. The molecule has 8 heteroatoms. The van der Waals surface area contributed by atoms with E-state index in [-0.39, 0.29) is 13.2 Å². The van der Waals surface area contributed by atoms with Gasteiger partial charge in [-0.3, -0.25) is 9.59 Å². The second-order valence-corrected chi connectivity index (χ2v) is 4.29. The lowest BCUT2D eigenvalue weighted by Gasteiger charge is -2.16. The molecule has 2 N–H and O–H groups in total. The number of amides is 1. The van der Waals surface area contributed by atoms with Crippen molar-refractivity contribution in [3.63, 3.8) is 0 Å². The summed E-state index contributed by atoms with van der Waals surface area (Å²) in [5.41, 5.74) is -0.695. The van der Waals surface area contributed by atoms with Crippen molar-refractivity contribution in [2.45, 2.75) is 6.04 Å². The topological polar surface area (TPSA) is 75.6 Å². The molecule has 1 fully saturated rings. The Bertz CT molecular complexity index is 564. The van der Waals surface area contributed by atoms with Crippen LogP contribution < -0.4 is 5.32 Å². The number of aliphatic carboxylic acids is 1. The predicted molar refractivity (Wildman–Crippen MR) is 59.5 cm³/mol. The van der Waals surface area contributed by atoms with Gasteiger partial charge in [0, 0.05) is 0 Å². The quantitative estimate of drug-likeness (QED) is 0.812. The van der Waals surface area contributed by atoms with Gasteiger partial charge in [0.2, 0.25) is 0 Å². The maximum atomic E-state index is 13.4. The van der Waals surface area contributed by atoms with Crippen LogP contribution in [0.25, 0.3) is 0 Å². The molecular formula is C12H10F3NO4. The highest BCUT2D eigenvalue weighted by atomic mass is 19.2. The van der Waals surface area contributed by atoms with Crippen LogP contribution in [0.4, 0.5) is 13.2 Å². The standard InChI is InChI=1S/C12H10F3NO4/c13-7-2-1-5(9(14)10(7)15)11(17)16-8-4-20-3-6(8)12(18)19/h1-2,6,8H,3-4H2,(H,16,17)(H,18,19). The zero-order valence-corrected chi connectivity index (χ0v) is 10.0. The average Bonchev–Trinajstić information content (AvgIpc) is 2.84. The summed E-state index contributed by atoms with van der Waals surface area (Å²) >= 11 is 0. The Balaban J connectivity index is 2.17. The molecule has 1 aromatic carbocycles. The minimum absolute atomic E-state index is 0.0476. The summed E-state index contributed by atoms with van der Waals surface area (Å²) in [6, 6.07) is 0.550. The van der Waals surface area contributed by atoms with Crippen LogP contribution in [0.3, 0.4) is 0 Å². The van der Waals surface area contributed by atoms with Gasteiger partial charge in [0.05, 0.1) is 24.8 Å². The molecule has 1 saturated heterocycles. The Morgan fingerprint density at radius 2 is 1.90 bits per heavy atom. The van der Waals surface area contributed by atoms with Crippen molar-refractivity contribution in [2.24, 2.45) is 5.92 Å². The molecule has 2 unspecified atom stereocenters. The third-order valence-electron chi connectivity index (χ3n) is 2.99. The van der Waals surface area contributed by atoms with Gasteiger partial charge in [0.25, 0.3) is 5.91 Å². The van der Waals surface area contributed by atoms with Crippen molar-refractivity contribution >= 4 is 11.9 Å². The number of carboxylic acid groups (broad SMARTS) is 1. The van der Waals surface area contributed by atoms with Crippen LogP contribution in [0.2, 0.25) is 0 Å². The zero-order valence-electron chi connectivity index (χ0n) is 10.0. The second-order valence-electron chi connectivity index (χ2n) is 4.29. The number of hydrogen-bond acceptors (Lipinski definition) is 3. The Labute approximate surface area is 111 Å². The first-order chi connectivity index (χ1) is 9.41. The monoisotopic (exact) mass is 289 g/mol. The molecule has 1 aromatic rings. The fraction of sp³-hybridized carbons (Fsp3) is 0.333. The van der Waals surface area contributed by atoms with E-state index in [4.69, 9.17) is 9.84 Å². The maximum absolute atomic E-state index is 13.4. The fourth-order valence-corrected chi connectivity index (χ4v) is 1.89. The normalized spacial score (nSPS) is 21.8. The molecule has 1 aliphatic rings. The number of hydrogen-bond donors (Lipinski definition) is 2. The van der Waals surface area contributed by atoms with Crippen LogP contribution in [-0.2, 0) is 9.53 Å². The summed E-state index contributed by atoms with van der Waals surface area (Å²) in [6.07, 6.45) is 0. The van der Waals surface area contributed by atoms with E-state index in [1.165, 1.54) is 0 Å². The van der Waals surface area contributed by atoms with Crippen molar-refractivity contribution in [1.82, 2.24) is 5.32 Å². The van der Waals surface area contributed by atoms with Gasteiger partial charge < -0.3 is 15.2 Å². The highest BCUT2D eigenvalue weighted by Crippen LogP contribution is 2.18. The number of carbonyl (C=O) groups is 2. The van der Waals surface area contributed by atoms with Gasteiger partial charge in [-0.15, -0.1) is 0 Å². The fourth-order valence-electron chi connectivity index (χ4n) is 1.89. The van der Waals surface area contributed by atoms with E-state index >= 15 is 0 Å². The highest BCUT2D eigenvalue weighted by Gasteiger charge is 2.35. The van der Waals surface area contributed by atoms with Crippen LogP contribution in [0.1, 0.15) is 10.4 Å². The molecule has 20 heavy (non-hydrogen) atoms. The molecule has 2 atom stereocenters. The van der Waals surface area contributed by atoms with Crippen LogP contribution in [0.15, 0.2) is 12.1 Å². The van der Waals surface area contributed by atoms with E-state index in [1.54, 1.807) is 0 Å². The number of halogens is 3. The number of carboxylic acids is 1. The number of ether oxygens (including phenoxy) is 1. The van der Waals surface area contributed by atoms with E-state index in [0.29, 0.717) is 6.07 Å². The molecule has 0 aromatic heterocycles. The van der Waals surface area contributed by atoms with Gasteiger partial charge in [0.15, 0.2) is 17.5 Å². The van der Waals surface area contributed by atoms with E-state index < -0.39 is 46.9 Å². The Kier molecular flexibility index (Phi) is 3.93. The van der Waals surface area contributed by atoms with E-state index in [1.807, 2.05) is 0 Å². The largest absolute Gasteiger partial charge is 0.481 e. The van der Waals surface area contributed by atoms with E-state index in [9.17, 15) is 22.8 Å². The third kappa shape index (κ3) is 2.60. The smallest absolute Gasteiger partial charge is 0.311 e. The summed E-state index contributed by atoms with van der Waals surface area (Å²) in [6.45, 7) is -0.130. The zero-order chi connectivity index (χ0) is 14.9. The molecule has 0 radical (unpaired) electrons. The van der Waals surface area contributed by atoms with Gasteiger partial charge in [-0.2, -0.15) is 0 Å². The van der Waals surface area contributed by atoms with Crippen molar-refractivity contribution in [3.8, 4) is 0 Å². The first-order valence-electron chi connectivity index (χ1n) is 5.66. The van der Waals surface area contributed by atoms with Crippen LogP contribution in [0, 0.1) is 23.4 Å². The lowest BCUT2D eigenvalue weighted by molar-refractivity contribution is -0.142. The summed E-state index contributed by atoms with van der Waals surface area (Å²) in [7, 11) is 0. The maximum Gasteiger partial charge on any atom is 0.311 e. The van der Waals surface area contributed by atoms with Crippen molar-refractivity contribution in [2.75, 3.05) is 13.2 Å². The lowest BCUT2D eigenvalue weighted by Crippen LogP contribution is -2.43. The molecule has 2 rings (SSSR count). The van der Waals surface area contributed by atoms with Crippen molar-refractivity contribution in [1.29, 1.82) is 0 Å². The molecule has 0 bridgehead atoms. The highest BCUT2D eigenvalue weighted by molar-refractivity contribution is 5.95. The average molecular weight is 289 g/mol. The molecule has 0 aliphatic carbocycles. The van der Waals surface area contributed by atoms with Crippen molar-refractivity contribution in [3.05, 3.63) is 35.1 Å². The number of carbonyl (C=O) groups excluding carboxylic acids is 1. The van der Waals surface area contributed by atoms with Gasteiger partial charge >= 0.3 is 5.97 Å². The molecule has 1 amide bonds. The van der Waals surface area contributed by atoms with Crippen LogP contribution >= 0.6 is 0 Å². The number of benzene rings is 1.